The Kier molecular flexibility index (Phi) is 5.32. The van der Waals surface area contributed by atoms with E-state index in [1.165, 1.54) is 0 Å². The molecule has 35 heavy (non-hydrogen) atoms. The van der Waals surface area contributed by atoms with E-state index < -0.39 is 11.6 Å². The molecule has 1 atom stereocenters. The van der Waals surface area contributed by atoms with Gasteiger partial charge in [0.25, 0.3) is 5.91 Å². The van der Waals surface area contributed by atoms with Gasteiger partial charge >= 0.3 is 0 Å². The second kappa shape index (κ2) is 8.29. The van der Waals surface area contributed by atoms with Crippen LogP contribution in [0.3, 0.4) is 0 Å². The molecule has 7 rings (SSSR count). The van der Waals surface area contributed by atoms with Crippen LogP contribution >= 0.6 is 0 Å². The maximum absolute atomic E-state index is 13.7. The highest BCUT2D eigenvalue weighted by molar-refractivity contribution is 5.95. The van der Waals surface area contributed by atoms with Crippen molar-refractivity contribution in [3.63, 3.8) is 0 Å². The van der Waals surface area contributed by atoms with E-state index in [1.807, 2.05) is 28.9 Å². The normalized spacial score (nSPS) is 25.9. The lowest BCUT2D eigenvalue weighted by atomic mass is 9.42. The van der Waals surface area contributed by atoms with Crippen LogP contribution < -0.4 is 16.0 Å². The van der Waals surface area contributed by atoms with Gasteiger partial charge in [-0.2, -0.15) is 0 Å². The summed E-state index contributed by atoms with van der Waals surface area (Å²) >= 11 is 0. The first-order chi connectivity index (χ1) is 16.9. The Morgan fingerprint density at radius 1 is 1.23 bits per heavy atom. The summed E-state index contributed by atoms with van der Waals surface area (Å²) in [5, 5.41) is 3.51. The topological polar surface area (TPSA) is 88.6 Å². The monoisotopic (exact) mass is 476 g/mol. The van der Waals surface area contributed by atoms with Gasteiger partial charge in [0.2, 0.25) is 0 Å². The SMILES string of the molecule is CCC(c1cn2cc(CNCC34CC(F)(C3)C4)ccc2n1)c1ncc(N2CCCC2)cc1C(N)=O. The largest absolute Gasteiger partial charge is 0.370 e. The fraction of sp³-hybridized carbons (Fsp3) is 0.519. The van der Waals surface area contributed by atoms with E-state index in [4.69, 9.17) is 15.7 Å². The molecule has 3 aromatic rings. The smallest absolute Gasteiger partial charge is 0.250 e. The van der Waals surface area contributed by atoms with Gasteiger partial charge in [0.05, 0.1) is 28.8 Å². The van der Waals surface area contributed by atoms with Gasteiger partial charge in [0.15, 0.2) is 0 Å². The Bertz CT molecular complexity index is 1260. The molecule has 0 aromatic carbocycles. The number of primary amides is 1. The third kappa shape index (κ3) is 3.97. The van der Waals surface area contributed by atoms with Gasteiger partial charge in [0, 0.05) is 44.5 Å². The van der Waals surface area contributed by atoms with Crippen LogP contribution in [0.4, 0.5) is 10.1 Å². The predicted molar refractivity (Wildman–Crippen MR) is 133 cm³/mol. The molecule has 3 saturated carbocycles. The summed E-state index contributed by atoms with van der Waals surface area (Å²) in [6.45, 7) is 5.67. The molecule has 4 heterocycles. The van der Waals surface area contributed by atoms with Crippen molar-refractivity contribution in [3.8, 4) is 0 Å². The van der Waals surface area contributed by atoms with Gasteiger partial charge < -0.3 is 20.4 Å². The molecule has 3 aliphatic carbocycles. The number of carbonyl (C=O) groups excluding carboxylic acids is 1. The number of carbonyl (C=O) groups is 1. The zero-order valence-electron chi connectivity index (χ0n) is 20.3. The van der Waals surface area contributed by atoms with Gasteiger partial charge in [-0.05, 0) is 61.6 Å². The molecule has 1 saturated heterocycles. The molecular weight excluding hydrogens is 443 g/mol. The summed E-state index contributed by atoms with van der Waals surface area (Å²) in [7, 11) is 0. The number of nitrogens with zero attached hydrogens (tertiary/aromatic N) is 4. The highest BCUT2D eigenvalue weighted by Gasteiger charge is 2.68. The molecule has 4 aliphatic rings. The van der Waals surface area contributed by atoms with Crippen molar-refractivity contribution >= 4 is 17.2 Å². The van der Waals surface area contributed by atoms with Crippen molar-refractivity contribution in [2.24, 2.45) is 11.1 Å². The third-order valence-corrected chi connectivity index (χ3v) is 8.17. The molecule has 3 N–H and O–H groups in total. The summed E-state index contributed by atoms with van der Waals surface area (Å²) in [5.74, 6) is -0.574. The molecule has 3 aromatic heterocycles. The van der Waals surface area contributed by atoms with Gasteiger partial charge in [-0.25, -0.2) is 9.37 Å². The number of alkyl halides is 1. The van der Waals surface area contributed by atoms with E-state index in [0.29, 0.717) is 11.3 Å². The number of nitrogens with one attached hydrogen (secondary N) is 1. The zero-order valence-corrected chi connectivity index (χ0v) is 20.3. The minimum atomic E-state index is -0.846. The Morgan fingerprint density at radius 2 is 2.00 bits per heavy atom. The lowest BCUT2D eigenvalue weighted by Gasteiger charge is -2.66. The van der Waals surface area contributed by atoms with E-state index in [-0.39, 0.29) is 11.3 Å². The van der Waals surface area contributed by atoms with E-state index in [0.717, 1.165) is 87.3 Å². The van der Waals surface area contributed by atoms with Crippen LogP contribution in [0.5, 0.6) is 0 Å². The molecule has 0 radical (unpaired) electrons. The Hall–Kier alpha value is -3.00. The van der Waals surface area contributed by atoms with Crippen LogP contribution in [0.15, 0.2) is 36.8 Å². The fourth-order valence-corrected chi connectivity index (χ4v) is 6.48. The number of fused-ring (bicyclic) bond motifs is 1. The standard InChI is InChI=1S/C27H33FN6O/c1-2-20(24-21(25(29)35)9-19(11-31-24)33-7-3-4-8-33)22-13-34-12-18(5-6-23(34)32-22)10-30-17-26-14-27(28,15-26)16-26/h5-6,9,11-13,20,30H,2-4,7-8,10,14-17H2,1H3,(H2,29,35). The number of hydrogen-bond acceptors (Lipinski definition) is 5. The lowest BCUT2D eigenvalue weighted by molar-refractivity contribution is -0.209. The second-order valence-corrected chi connectivity index (χ2v) is 10.9. The molecule has 1 amide bonds. The maximum atomic E-state index is 13.7. The van der Waals surface area contributed by atoms with Crippen molar-refractivity contribution in [2.45, 2.75) is 63.6 Å². The van der Waals surface area contributed by atoms with Crippen molar-refractivity contribution in [3.05, 3.63) is 59.3 Å². The quantitative estimate of drug-likeness (QED) is 0.488. The summed E-state index contributed by atoms with van der Waals surface area (Å²) in [4.78, 5) is 24.2. The molecule has 4 fully saturated rings. The summed E-state index contributed by atoms with van der Waals surface area (Å²) in [5.41, 5.74) is 10.2. The van der Waals surface area contributed by atoms with E-state index in [2.05, 4.69) is 29.4 Å². The molecule has 1 aliphatic heterocycles. The van der Waals surface area contributed by atoms with Crippen LogP contribution in [-0.4, -0.2) is 45.6 Å². The number of anilines is 1. The molecule has 0 spiro atoms. The average Bonchev–Trinajstić information content (AvgIpc) is 3.47. The van der Waals surface area contributed by atoms with E-state index >= 15 is 0 Å². The number of pyridine rings is 2. The van der Waals surface area contributed by atoms with Crippen LogP contribution in [0.1, 0.15) is 78.7 Å². The number of halogens is 1. The first-order valence-electron chi connectivity index (χ1n) is 12.8. The summed E-state index contributed by atoms with van der Waals surface area (Å²) < 4.78 is 15.8. The molecule has 7 nitrogen and oxygen atoms in total. The minimum Gasteiger partial charge on any atom is -0.370 e. The van der Waals surface area contributed by atoms with Crippen LogP contribution in [0.25, 0.3) is 5.65 Å². The summed E-state index contributed by atoms with van der Waals surface area (Å²) in [6.07, 6.45) is 11.2. The molecular formula is C27H33FN6O. The van der Waals surface area contributed by atoms with Crippen LogP contribution in [0.2, 0.25) is 0 Å². The first-order valence-corrected chi connectivity index (χ1v) is 12.8. The average molecular weight is 477 g/mol. The van der Waals surface area contributed by atoms with Crippen molar-refractivity contribution < 1.29 is 9.18 Å². The van der Waals surface area contributed by atoms with E-state index in [1.54, 1.807) is 0 Å². The maximum Gasteiger partial charge on any atom is 0.250 e. The number of aromatic nitrogens is 3. The molecule has 1 unspecified atom stereocenters. The van der Waals surface area contributed by atoms with Gasteiger partial charge in [-0.3, -0.25) is 9.78 Å². The minimum absolute atomic E-state index is 0.121. The summed E-state index contributed by atoms with van der Waals surface area (Å²) in [6, 6.07) is 6.00. The fourth-order valence-electron chi connectivity index (χ4n) is 6.48. The third-order valence-electron chi connectivity index (χ3n) is 8.17. The van der Waals surface area contributed by atoms with Crippen molar-refractivity contribution in [1.82, 2.24) is 19.7 Å². The predicted octanol–water partition coefficient (Wildman–Crippen LogP) is 3.95. The Morgan fingerprint density at radius 3 is 2.69 bits per heavy atom. The van der Waals surface area contributed by atoms with Gasteiger partial charge in [-0.15, -0.1) is 0 Å². The van der Waals surface area contributed by atoms with Crippen molar-refractivity contribution in [1.29, 1.82) is 0 Å². The number of imidazole rings is 1. The van der Waals surface area contributed by atoms with Crippen LogP contribution in [-0.2, 0) is 6.54 Å². The molecule has 184 valence electrons. The van der Waals surface area contributed by atoms with Crippen molar-refractivity contribution in [2.75, 3.05) is 24.5 Å². The Labute approximate surface area is 204 Å². The highest BCUT2D eigenvalue weighted by atomic mass is 19.1. The first kappa shape index (κ1) is 22.5. The molecule has 2 bridgehead atoms. The number of nitrogens with two attached hydrogens (primary N) is 1. The van der Waals surface area contributed by atoms with Gasteiger partial charge in [0.1, 0.15) is 11.3 Å². The van der Waals surface area contributed by atoms with E-state index in [9.17, 15) is 9.18 Å². The number of hydrogen-bond donors (Lipinski definition) is 2. The number of rotatable bonds is 9. The molecule has 8 heteroatoms. The number of amides is 1. The lowest BCUT2D eigenvalue weighted by Crippen LogP contribution is -2.67. The van der Waals surface area contributed by atoms with Crippen LogP contribution in [0, 0.1) is 5.41 Å². The highest BCUT2D eigenvalue weighted by Crippen LogP contribution is 2.69. The second-order valence-electron chi connectivity index (χ2n) is 10.9. The Balaban J connectivity index is 1.21. The zero-order chi connectivity index (χ0) is 24.2. The van der Waals surface area contributed by atoms with Gasteiger partial charge in [-0.1, -0.05) is 13.0 Å².